The Balaban J connectivity index is 0.00000312. The van der Waals surface area contributed by atoms with Gasteiger partial charge >= 0.3 is 0 Å². The number of halogens is 1. The quantitative estimate of drug-likeness (QED) is 0.747. The number of benzene rings is 1. The van der Waals surface area contributed by atoms with Crippen LogP contribution in [-0.4, -0.2) is 37.0 Å². The molecule has 3 N–H and O–H groups in total. The van der Waals surface area contributed by atoms with E-state index < -0.39 is 6.04 Å². The summed E-state index contributed by atoms with van der Waals surface area (Å²) in [5.41, 5.74) is 1.52. The molecule has 3 atom stereocenters. The fourth-order valence-electron chi connectivity index (χ4n) is 3.04. The fraction of sp³-hybridized carbons (Fsp3) is 0.579. The number of amides is 2. The lowest BCUT2D eigenvalue weighted by molar-refractivity contribution is -0.125. The lowest BCUT2D eigenvalue weighted by Gasteiger charge is -2.32. The molecule has 1 aliphatic rings. The number of aryl methyl sites for hydroxylation is 1. The summed E-state index contributed by atoms with van der Waals surface area (Å²) in [6.45, 7) is 9.72. The minimum atomic E-state index is -0.536. The molecule has 0 radical (unpaired) electrons. The third-order valence-electron chi connectivity index (χ3n) is 4.78. The monoisotopic (exact) mass is 367 g/mol. The molecule has 0 spiro atoms. The lowest BCUT2D eigenvalue weighted by Crippen LogP contribution is -2.57. The molecule has 1 aromatic rings. The molecule has 1 aromatic carbocycles. The zero-order chi connectivity index (χ0) is 17.7. The summed E-state index contributed by atoms with van der Waals surface area (Å²) >= 11 is 0. The Morgan fingerprint density at radius 3 is 2.52 bits per heavy atom. The van der Waals surface area contributed by atoms with Crippen molar-refractivity contribution < 1.29 is 9.59 Å². The molecule has 1 heterocycles. The smallest absolute Gasteiger partial charge is 0.252 e. The molecule has 0 saturated carbocycles. The highest BCUT2D eigenvalue weighted by Gasteiger charge is 2.29. The fourth-order valence-corrected chi connectivity index (χ4v) is 3.04. The number of piperidine rings is 1. The summed E-state index contributed by atoms with van der Waals surface area (Å²) in [6.07, 6.45) is 1.05. The summed E-state index contributed by atoms with van der Waals surface area (Å²) in [4.78, 5) is 25.2. The highest BCUT2D eigenvalue weighted by atomic mass is 35.5. The van der Waals surface area contributed by atoms with Gasteiger partial charge in [-0.1, -0.05) is 39.0 Å². The summed E-state index contributed by atoms with van der Waals surface area (Å²) in [6, 6.07) is 6.99. The van der Waals surface area contributed by atoms with E-state index in [9.17, 15) is 9.59 Å². The van der Waals surface area contributed by atoms with Gasteiger partial charge < -0.3 is 16.0 Å². The molecule has 6 heteroatoms. The number of carbonyl (C=O) groups excluding carboxylic acids is 2. The normalized spacial score (nSPS) is 21.2. The van der Waals surface area contributed by atoms with Crippen molar-refractivity contribution in [3.8, 4) is 0 Å². The van der Waals surface area contributed by atoms with E-state index >= 15 is 0 Å². The van der Waals surface area contributed by atoms with Gasteiger partial charge in [0.25, 0.3) is 5.91 Å². The first kappa shape index (κ1) is 21.5. The van der Waals surface area contributed by atoms with E-state index in [1.165, 1.54) is 0 Å². The van der Waals surface area contributed by atoms with E-state index in [4.69, 9.17) is 0 Å². The standard InChI is InChI=1S/C19H29N3O2.ClH/c1-12(2)17(19(24)21-16-11-20-10-9-14(16)4)22-18(23)15-8-6-5-7-13(15)3;/h5-8,12,14,16-17,20H,9-11H2,1-4H3,(H,21,24)(H,22,23);1H. The van der Waals surface area contributed by atoms with Crippen molar-refractivity contribution in [2.45, 2.75) is 46.2 Å². The van der Waals surface area contributed by atoms with Crippen molar-refractivity contribution in [3.05, 3.63) is 35.4 Å². The second-order valence-corrected chi connectivity index (χ2v) is 7.10. The minimum Gasteiger partial charge on any atom is -0.350 e. The molecule has 140 valence electrons. The molecule has 2 amide bonds. The molecule has 1 fully saturated rings. The molecule has 3 unspecified atom stereocenters. The van der Waals surface area contributed by atoms with E-state index in [2.05, 4.69) is 22.9 Å². The van der Waals surface area contributed by atoms with Gasteiger partial charge in [0, 0.05) is 18.2 Å². The molecule has 0 aliphatic carbocycles. The Morgan fingerprint density at radius 2 is 1.92 bits per heavy atom. The Hall–Kier alpha value is -1.59. The summed E-state index contributed by atoms with van der Waals surface area (Å²) < 4.78 is 0. The van der Waals surface area contributed by atoms with Crippen molar-refractivity contribution in [2.24, 2.45) is 11.8 Å². The van der Waals surface area contributed by atoms with E-state index in [0.29, 0.717) is 11.5 Å². The Labute approximate surface area is 156 Å². The van der Waals surface area contributed by atoms with Gasteiger partial charge in [-0.25, -0.2) is 0 Å². The SMILES string of the molecule is Cc1ccccc1C(=O)NC(C(=O)NC1CNCCC1C)C(C)C.Cl. The van der Waals surface area contributed by atoms with Crippen LogP contribution in [0.1, 0.15) is 43.1 Å². The molecule has 2 rings (SSSR count). The third kappa shape index (κ3) is 5.72. The third-order valence-corrected chi connectivity index (χ3v) is 4.78. The number of hydrogen-bond donors (Lipinski definition) is 3. The van der Waals surface area contributed by atoms with Crippen LogP contribution in [0.5, 0.6) is 0 Å². The van der Waals surface area contributed by atoms with Gasteiger partial charge in [0.1, 0.15) is 6.04 Å². The van der Waals surface area contributed by atoms with E-state index in [-0.39, 0.29) is 36.2 Å². The zero-order valence-corrected chi connectivity index (χ0v) is 16.3. The van der Waals surface area contributed by atoms with Gasteiger partial charge in [-0.3, -0.25) is 9.59 Å². The van der Waals surface area contributed by atoms with Gasteiger partial charge in [-0.05, 0) is 43.4 Å². The summed E-state index contributed by atoms with van der Waals surface area (Å²) in [7, 11) is 0. The van der Waals surface area contributed by atoms with Crippen LogP contribution in [0.25, 0.3) is 0 Å². The van der Waals surface area contributed by atoms with Gasteiger partial charge in [-0.15, -0.1) is 12.4 Å². The van der Waals surface area contributed by atoms with E-state index in [1.54, 1.807) is 6.07 Å². The second kappa shape index (κ2) is 9.78. The largest absolute Gasteiger partial charge is 0.350 e. The van der Waals surface area contributed by atoms with Crippen LogP contribution >= 0.6 is 12.4 Å². The van der Waals surface area contributed by atoms with Crippen LogP contribution in [0, 0.1) is 18.8 Å². The highest BCUT2D eigenvalue weighted by Crippen LogP contribution is 2.13. The molecule has 25 heavy (non-hydrogen) atoms. The molecule has 0 bridgehead atoms. The second-order valence-electron chi connectivity index (χ2n) is 7.10. The van der Waals surface area contributed by atoms with Gasteiger partial charge in [0.15, 0.2) is 0 Å². The van der Waals surface area contributed by atoms with Crippen LogP contribution < -0.4 is 16.0 Å². The molecule has 0 aromatic heterocycles. The van der Waals surface area contributed by atoms with Gasteiger partial charge in [-0.2, -0.15) is 0 Å². The first-order valence-electron chi connectivity index (χ1n) is 8.77. The predicted molar refractivity (Wildman–Crippen MR) is 103 cm³/mol. The average Bonchev–Trinajstić information content (AvgIpc) is 2.54. The maximum Gasteiger partial charge on any atom is 0.252 e. The van der Waals surface area contributed by atoms with Crippen molar-refractivity contribution in [1.29, 1.82) is 0 Å². The van der Waals surface area contributed by atoms with Crippen LogP contribution in [0.4, 0.5) is 0 Å². The maximum absolute atomic E-state index is 12.7. The number of nitrogens with one attached hydrogen (secondary N) is 3. The lowest BCUT2D eigenvalue weighted by atomic mass is 9.93. The van der Waals surface area contributed by atoms with E-state index in [0.717, 1.165) is 25.1 Å². The van der Waals surface area contributed by atoms with Crippen molar-refractivity contribution in [3.63, 3.8) is 0 Å². The molecular formula is C19H30ClN3O2. The predicted octanol–water partition coefficient (Wildman–Crippen LogP) is 2.29. The Morgan fingerprint density at radius 1 is 1.24 bits per heavy atom. The molecule has 5 nitrogen and oxygen atoms in total. The van der Waals surface area contributed by atoms with Crippen LogP contribution in [0.3, 0.4) is 0 Å². The number of rotatable bonds is 5. The Bertz CT molecular complexity index is 592. The number of hydrogen-bond acceptors (Lipinski definition) is 3. The maximum atomic E-state index is 12.7. The van der Waals surface area contributed by atoms with Crippen LogP contribution in [0.2, 0.25) is 0 Å². The van der Waals surface area contributed by atoms with Crippen molar-refractivity contribution >= 4 is 24.2 Å². The van der Waals surface area contributed by atoms with Crippen LogP contribution in [0.15, 0.2) is 24.3 Å². The molecule has 1 saturated heterocycles. The van der Waals surface area contributed by atoms with Crippen LogP contribution in [-0.2, 0) is 4.79 Å². The average molecular weight is 368 g/mol. The molecule has 1 aliphatic heterocycles. The Kier molecular flexibility index (Phi) is 8.39. The topological polar surface area (TPSA) is 70.2 Å². The van der Waals surface area contributed by atoms with Gasteiger partial charge in [0.2, 0.25) is 5.91 Å². The first-order chi connectivity index (χ1) is 11.4. The summed E-state index contributed by atoms with van der Waals surface area (Å²) in [5, 5.41) is 9.32. The highest BCUT2D eigenvalue weighted by molar-refractivity contribution is 5.98. The van der Waals surface area contributed by atoms with E-state index in [1.807, 2.05) is 39.0 Å². The van der Waals surface area contributed by atoms with Crippen molar-refractivity contribution in [2.75, 3.05) is 13.1 Å². The molecular weight excluding hydrogens is 338 g/mol. The van der Waals surface area contributed by atoms with Crippen molar-refractivity contribution in [1.82, 2.24) is 16.0 Å². The van der Waals surface area contributed by atoms with Gasteiger partial charge in [0.05, 0.1) is 0 Å². The summed E-state index contributed by atoms with van der Waals surface area (Å²) in [5.74, 6) is 0.157. The first-order valence-corrected chi connectivity index (χ1v) is 8.77. The zero-order valence-electron chi connectivity index (χ0n) is 15.5. The number of carbonyl (C=O) groups is 2. The minimum absolute atomic E-state index is 0.